The van der Waals surface area contributed by atoms with E-state index in [9.17, 15) is 14.0 Å². The average molecular weight is 392 g/mol. The van der Waals surface area contributed by atoms with E-state index in [1.807, 2.05) is 30.7 Å². The summed E-state index contributed by atoms with van der Waals surface area (Å²) in [5.41, 5.74) is 2.98. The third kappa shape index (κ3) is 5.13. The van der Waals surface area contributed by atoms with Gasteiger partial charge in [-0.2, -0.15) is 0 Å². The first-order valence-electron chi connectivity index (χ1n) is 9.81. The lowest BCUT2D eigenvalue weighted by Gasteiger charge is -2.36. The van der Waals surface area contributed by atoms with Crippen LogP contribution < -0.4 is 10.3 Å². The minimum atomic E-state index is -0.538. The van der Waals surface area contributed by atoms with Gasteiger partial charge in [-0.15, -0.1) is 0 Å². The summed E-state index contributed by atoms with van der Waals surface area (Å²) in [6.45, 7) is 9.29. The van der Waals surface area contributed by atoms with E-state index in [0.717, 1.165) is 25.9 Å². The predicted octanol–water partition coefficient (Wildman–Crippen LogP) is 2.62. The highest BCUT2D eigenvalue weighted by molar-refractivity contribution is 5.94. The van der Waals surface area contributed by atoms with Crippen molar-refractivity contribution in [1.82, 2.24) is 15.3 Å². The van der Waals surface area contributed by atoms with Crippen LogP contribution >= 0.6 is 0 Å². The quantitative estimate of drug-likeness (QED) is 0.857. The smallest absolute Gasteiger partial charge is 0.410 e. The van der Waals surface area contributed by atoms with E-state index in [4.69, 9.17) is 4.74 Å². The second kappa shape index (κ2) is 8.34. The van der Waals surface area contributed by atoms with Crippen LogP contribution in [-0.2, 0) is 4.74 Å². The van der Waals surface area contributed by atoms with Gasteiger partial charge in [-0.3, -0.25) is 10.2 Å². The van der Waals surface area contributed by atoms with Crippen molar-refractivity contribution >= 4 is 17.7 Å². The van der Waals surface area contributed by atoms with E-state index in [1.54, 1.807) is 11.0 Å². The Morgan fingerprint density at radius 1 is 1.04 bits per heavy atom. The molecule has 1 aromatic rings. The van der Waals surface area contributed by atoms with E-state index in [0.29, 0.717) is 31.9 Å². The number of anilines is 1. The molecule has 0 bridgehead atoms. The van der Waals surface area contributed by atoms with Gasteiger partial charge in [0.25, 0.3) is 5.91 Å². The molecule has 2 fully saturated rings. The first-order valence-corrected chi connectivity index (χ1v) is 9.81. The van der Waals surface area contributed by atoms with Crippen molar-refractivity contribution in [2.75, 3.05) is 44.2 Å². The number of benzene rings is 1. The molecule has 1 aromatic carbocycles. The van der Waals surface area contributed by atoms with Crippen LogP contribution in [0.25, 0.3) is 0 Å². The zero-order valence-electron chi connectivity index (χ0n) is 16.8. The number of amides is 2. The molecule has 3 rings (SSSR count). The van der Waals surface area contributed by atoms with Gasteiger partial charge in [-0.25, -0.2) is 14.2 Å². The van der Waals surface area contributed by atoms with Crippen molar-refractivity contribution in [3.63, 3.8) is 0 Å². The molecule has 0 atom stereocenters. The topological polar surface area (TPSA) is 65.1 Å². The van der Waals surface area contributed by atoms with Gasteiger partial charge in [-0.1, -0.05) is 0 Å². The van der Waals surface area contributed by atoms with Crippen molar-refractivity contribution in [3.05, 3.63) is 29.6 Å². The maximum atomic E-state index is 14.5. The van der Waals surface area contributed by atoms with E-state index in [2.05, 4.69) is 5.43 Å². The number of halogens is 1. The number of carbonyl (C=O) groups is 2. The molecule has 8 heteroatoms. The fraction of sp³-hybridized carbons (Fsp3) is 0.600. The number of hydrazine groups is 1. The standard InChI is InChI=1S/C20H29FN4O3/c1-20(2,3)28-19(27)24-12-10-23(11-13-24)15-6-7-16(17(21)14-15)18(26)22-25-8-4-5-9-25/h6-7,14H,4-5,8-13H2,1-3H3,(H,22,26). The third-order valence-corrected chi connectivity index (χ3v) is 4.86. The lowest BCUT2D eigenvalue weighted by atomic mass is 10.1. The fourth-order valence-electron chi connectivity index (χ4n) is 3.39. The summed E-state index contributed by atoms with van der Waals surface area (Å²) in [7, 11) is 0. The Balaban J connectivity index is 1.57. The van der Waals surface area contributed by atoms with Crippen molar-refractivity contribution in [2.45, 2.75) is 39.2 Å². The Morgan fingerprint density at radius 3 is 2.25 bits per heavy atom. The highest BCUT2D eigenvalue weighted by Crippen LogP contribution is 2.21. The molecule has 2 aliphatic heterocycles. The molecular weight excluding hydrogens is 363 g/mol. The summed E-state index contributed by atoms with van der Waals surface area (Å²) in [5, 5.41) is 1.82. The first-order chi connectivity index (χ1) is 13.2. The summed E-state index contributed by atoms with van der Waals surface area (Å²) in [6.07, 6.45) is 1.75. The molecule has 28 heavy (non-hydrogen) atoms. The molecule has 0 aromatic heterocycles. The molecule has 0 unspecified atom stereocenters. The van der Waals surface area contributed by atoms with Crippen molar-refractivity contribution in [1.29, 1.82) is 0 Å². The fourth-order valence-corrected chi connectivity index (χ4v) is 3.39. The molecule has 2 heterocycles. The molecule has 2 aliphatic rings. The van der Waals surface area contributed by atoms with Crippen LogP contribution in [0.15, 0.2) is 18.2 Å². The van der Waals surface area contributed by atoms with Crippen LogP contribution in [0.2, 0.25) is 0 Å². The highest BCUT2D eigenvalue weighted by atomic mass is 19.1. The lowest BCUT2D eigenvalue weighted by Crippen LogP contribution is -2.50. The maximum absolute atomic E-state index is 14.5. The summed E-state index contributed by atoms with van der Waals surface area (Å²) < 4.78 is 19.9. The number of ether oxygens (including phenoxy) is 1. The average Bonchev–Trinajstić information content (AvgIpc) is 3.13. The summed E-state index contributed by atoms with van der Waals surface area (Å²) in [5.74, 6) is -0.954. The van der Waals surface area contributed by atoms with Gasteiger partial charge in [-0.05, 0) is 51.8 Å². The van der Waals surface area contributed by atoms with Crippen LogP contribution in [-0.4, -0.2) is 66.8 Å². The highest BCUT2D eigenvalue weighted by Gasteiger charge is 2.26. The molecule has 0 radical (unpaired) electrons. The van der Waals surface area contributed by atoms with Crippen LogP contribution in [0.4, 0.5) is 14.9 Å². The Bertz CT molecular complexity index is 721. The van der Waals surface area contributed by atoms with Crippen LogP contribution in [0.3, 0.4) is 0 Å². The first kappa shape index (κ1) is 20.4. The van der Waals surface area contributed by atoms with Gasteiger partial charge >= 0.3 is 6.09 Å². The maximum Gasteiger partial charge on any atom is 0.410 e. The SMILES string of the molecule is CC(C)(C)OC(=O)N1CCN(c2ccc(C(=O)NN3CCCC3)c(F)c2)CC1. The van der Waals surface area contributed by atoms with E-state index in [-0.39, 0.29) is 11.7 Å². The Kier molecular flexibility index (Phi) is 6.07. The zero-order chi connectivity index (χ0) is 20.3. The van der Waals surface area contributed by atoms with Crippen LogP contribution in [0.1, 0.15) is 44.0 Å². The van der Waals surface area contributed by atoms with Gasteiger partial charge in [0, 0.05) is 45.0 Å². The van der Waals surface area contributed by atoms with E-state index < -0.39 is 17.3 Å². The Labute approximate surface area is 165 Å². The van der Waals surface area contributed by atoms with Crippen molar-refractivity contribution in [2.24, 2.45) is 0 Å². The number of piperazine rings is 1. The molecule has 2 saturated heterocycles. The molecule has 0 spiro atoms. The van der Waals surface area contributed by atoms with Crippen molar-refractivity contribution in [3.8, 4) is 0 Å². The van der Waals surface area contributed by atoms with Crippen molar-refractivity contribution < 1.29 is 18.7 Å². The molecule has 154 valence electrons. The Morgan fingerprint density at radius 2 is 1.68 bits per heavy atom. The largest absolute Gasteiger partial charge is 0.444 e. The van der Waals surface area contributed by atoms with Gasteiger partial charge in [0.15, 0.2) is 0 Å². The molecular formula is C20H29FN4O3. The number of nitrogens with one attached hydrogen (secondary N) is 1. The zero-order valence-corrected chi connectivity index (χ0v) is 16.8. The van der Waals surface area contributed by atoms with Crippen LogP contribution in [0, 0.1) is 5.82 Å². The molecule has 7 nitrogen and oxygen atoms in total. The number of nitrogens with zero attached hydrogens (tertiary/aromatic N) is 3. The summed E-state index contributed by atoms with van der Waals surface area (Å²) in [4.78, 5) is 28.1. The molecule has 0 saturated carbocycles. The lowest BCUT2D eigenvalue weighted by molar-refractivity contribution is 0.0240. The predicted molar refractivity (Wildman–Crippen MR) is 105 cm³/mol. The number of hydrogen-bond acceptors (Lipinski definition) is 5. The molecule has 2 amide bonds. The normalized spacial score (nSPS) is 18.3. The van der Waals surface area contributed by atoms with Crippen LogP contribution in [0.5, 0.6) is 0 Å². The minimum absolute atomic E-state index is 0.0445. The second-order valence-corrected chi connectivity index (χ2v) is 8.25. The number of hydrogen-bond donors (Lipinski definition) is 1. The summed E-state index contributed by atoms with van der Waals surface area (Å²) >= 11 is 0. The van der Waals surface area contributed by atoms with E-state index >= 15 is 0 Å². The number of rotatable bonds is 3. The number of carbonyl (C=O) groups excluding carboxylic acids is 2. The Hall–Kier alpha value is -2.35. The van der Waals surface area contributed by atoms with Gasteiger partial charge < -0.3 is 14.5 Å². The minimum Gasteiger partial charge on any atom is -0.444 e. The van der Waals surface area contributed by atoms with Gasteiger partial charge in [0.2, 0.25) is 0 Å². The van der Waals surface area contributed by atoms with Gasteiger partial charge in [0.1, 0.15) is 11.4 Å². The molecule has 0 aliphatic carbocycles. The molecule has 1 N–H and O–H groups in total. The summed E-state index contributed by atoms with van der Waals surface area (Å²) in [6, 6.07) is 4.67. The second-order valence-electron chi connectivity index (χ2n) is 8.25. The third-order valence-electron chi connectivity index (χ3n) is 4.86. The van der Waals surface area contributed by atoms with Gasteiger partial charge in [0.05, 0.1) is 5.56 Å². The van der Waals surface area contributed by atoms with E-state index in [1.165, 1.54) is 12.1 Å². The monoisotopic (exact) mass is 392 g/mol.